The van der Waals surface area contributed by atoms with Crippen molar-refractivity contribution in [3.63, 3.8) is 0 Å². The molecule has 3 rings (SSSR count). The van der Waals surface area contributed by atoms with Gasteiger partial charge >= 0.3 is 0 Å². The van der Waals surface area contributed by atoms with Crippen LogP contribution in [0.15, 0.2) is 27.6 Å². The molecule has 0 N–H and O–H groups in total. The van der Waals surface area contributed by atoms with Crippen LogP contribution in [0.3, 0.4) is 0 Å². The van der Waals surface area contributed by atoms with Gasteiger partial charge in [-0.1, -0.05) is 27.5 Å². The molecule has 0 radical (unpaired) electrons. The highest BCUT2D eigenvalue weighted by Gasteiger charge is 2.31. The smallest absolute Gasteiger partial charge is 0.244 e. The Hall–Kier alpha value is -0.670. The van der Waals surface area contributed by atoms with Gasteiger partial charge in [0.15, 0.2) is 0 Å². The molecule has 1 aromatic rings. The number of hydrogen-bond donors (Lipinski definition) is 0. The summed E-state index contributed by atoms with van der Waals surface area (Å²) >= 11 is 9.41. The van der Waals surface area contributed by atoms with Crippen LogP contribution in [0.1, 0.15) is 19.3 Å². The number of carbonyl (C=O) groups is 1. The van der Waals surface area contributed by atoms with Gasteiger partial charge in [-0.15, -0.1) is 0 Å². The number of halogens is 2. The van der Waals surface area contributed by atoms with Gasteiger partial charge in [0.25, 0.3) is 0 Å². The number of carbonyl (C=O) groups excluding carboxylic acids is 1. The highest BCUT2D eigenvalue weighted by Crippen LogP contribution is 2.28. The second-order valence-corrected chi connectivity index (χ2v) is 9.93. The molecule has 9 heteroatoms. The second-order valence-electron chi connectivity index (χ2n) is 6.70. The Morgan fingerprint density at radius 3 is 2.31 bits per heavy atom. The summed E-state index contributed by atoms with van der Waals surface area (Å²) in [6.07, 6.45) is 3.34. The van der Waals surface area contributed by atoms with Crippen LogP contribution >= 0.6 is 27.5 Å². The molecular weight excluding hydrogens is 442 g/mol. The molecule has 26 heavy (non-hydrogen) atoms. The van der Waals surface area contributed by atoms with E-state index >= 15 is 0 Å². The Kier molecular flexibility index (Phi) is 6.61. The Balaban J connectivity index is 1.58. The maximum atomic E-state index is 12.8. The van der Waals surface area contributed by atoms with Gasteiger partial charge in [0, 0.05) is 43.7 Å². The molecule has 0 atom stereocenters. The minimum atomic E-state index is -3.62. The lowest BCUT2D eigenvalue weighted by molar-refractivity contribution is -0.133. The number of benzene rings is 1. The van der Waals surface area contributed by atoms with Crippen molar-refractivity contribution in [2.45, 2.75) is 24.2 Å². The maximum absolute atomic E-state index is 12.8. The fourth-order valence-electron chi connectivity index (χ4n) is 3.39. The molecule has 2 aliphatic rings. The first kappa shape index (κ1) is 20.1. The summed E-state index contributed by atoms with van der Waals surface area (Å²) in [5.74, 6) is 0.150. The van der Waals surface area contributed by atoms with Crippen LogP contribution in [0.25, 0.3) is 0 Å². The summed E-state index contributed by atoms with van der Waals surface area (Å²) in [5, 5.41) is 0.210. The summed E-state index contributed by atoms with van der Waals surface area (Å²) in [6.45, 7) is 3.88. The number of hydrogen-bond acceptors (Lipinski definition) is 4. The van der Waals surface area contributed by atoms with Gasteiger partial charge in [0.05, 0.1) is 11.6 Å². The van der Waals surface area contributed by atoms with E-state index in [1.54, 1.807) is 12.1 Å². The molecule has 2 heterocycles. The Morgan fingerprint density at radius 1 is 1.04 bits per heavy atom. The van der Waals surface area contributed by atoms with E-state index < -0.39 is 10.0 Å². The van der Waals surface area contributed by atoms with E-state index in [9.17, 15) is 13.2 Å². The predicted molar refractivity (Wildman–Crippen MR) is 105 cm³/mol. The number of sulfonamides is 1. The molecule has 2 fully saturated rings. The largest absolute Gasteiger partial charge is 0.342 e. The topological polar surface area (TPSA) is 60.9 Å². The van der Waals surface area contributed by atoms with Gasteiger partial charge in [-0.25, -0.2) is 8.42 Å². The molecule has 2 saturated heterocycles. The van der Waals surface area contributed by atoms with Crippen LogP contribution in [0, 0.1) is 0 Å². The van der Waals surface area contributed by atoms with Crippen molar-refractivity contribution in [1.82, 2.24) is 14.1 Å². The zero-order valence-corrected chi connectivity index (χ0v) is 17.7. The predicted octanol–water partition coefficient (Wildman–Crippen LogP) is 2.42. The summed E-state index contributed by atoms with van der Waals surface area (Å²) < 4.78 is 27.8. The zero-order valence-electron chi connectivity index (χ0n) is 14.5. The third kappa shape index (κ3) is 4.59. The molecule has 1 amide bonds. The minimum absolute atomic E-state index is 0.125. The van der Waals surface area contributed by atoms with Gasteiger partial charge < -0.3 is 4.90 Å². The van der Waals surface area contributed by atoms with Crippen molar-refractivity contribution in [2.75, 3.05) is 45.8 Å². The van der Waals surface area contributed by atoms with Crippen molar-refractivity contribution in [1.29, 1.82) is 0 Å². The molecule has 0 aromatic heterocycles. The number of amides is 1. The average molecular weight is 465 g/mol. The van der Waals surface area contributed by atoms with Crippen LogP contribution in [-0.4, -0.2) is 74.2 Å². The Labute approximate surface area is 168 Å². The molecule has 6 nitrogen and oxygen atoms in total. The minimum Gasteiger partial charge on any atom is -0.342 e. The highest BCUT2D eigenvalue weighted by molar-refractivity contribution is 9.10. The SMILES string of the molecule is O=C(CN1CCN(S(=O)(=O)c2ccc(Br)cc2Cl)CC1)N1CCCCC1. The van der Waals surface area contributed by atoms with E-state index in [0.717, 1.165) is 30.4 Å². The Morgan fingerprint density at radius 2 is 1.69 bits per heavy atom. The number of piperazine rings is 1. The molecule has 0 spiro atoms. The number of piperidine rings is 1. The summed E-state index contributed by atoms with van der Waals surface area (Å²) in [4.78, 5) is 16.5. The first-order valence-corrected chi connectivity index (χ1v) is 11.4. The molecular formula is C17H23BrClN3O3S. The van der Waals surface area contributed by atoms with Crippen LogP contribution in [-0.2, 0) is 14.8 Å². The third-order valence-electron chi connectivity index (χ3n) is 4.91. The van der Waals surface area contributed by atoms with E-state index in [2.05, 4.69) is 15.9 Å². The number of nitrogens with zero attached hydrogens (tertiary/aromatic N) is 3. The van der Waals surface area contributed by atoms with Gasteiger partial charge in [-0.2, -0.15) is 4.31 Å². The van der Waals surface area contributed by atoms with E-state index in [1.807, 2.05) is 9.80 Å². The van der Waals surface area contributed by atoms with Crippen molar-refractivity contribution < 1.29 is 13.2 Å². The van der Waals surface area contributed by atoms with Gasteiger partial charge in [-0.3, -0.25) is 9.69 Å². The van der Waals surface area contributed by atoms with E-state index in [-0.39, 0.29) is 15.8 Å². The quantitative estimate of drug-likeness (QED) is 0.687. The summed E-state index contributed by atoms with van der Waals surface area (Å²) in [5.41, 5.74) is 0. The van der Waals surface area contributed by atoms with E-state index in [4.69, 9.17) is 11.6 Å². The first-order valence-electron chi connectivity index (χ1n) is 8.83. The van der Waals surface area contributed by atoms with Crippen molar-refractivity contribution in [3.8, 4) is 0 Å². The fraction of sp³-hybridized carbons (Fsp3) is 0.588. The first-order chi connectivity index (χ1) is 12.4. The van der Waals surface area contributed by atoms with Crippen molar-refractivity contribution >= 4 is 43.5 Å². The van der Waals surface area contributed by atoms with Crippen molar-refractivity contribution in [2.24, 2.45) is 0 Å². The standard InChI is InChI=1S/C17H23BrClN3O3S/c18-14-4-5-16(15(19)12-14)26(24,25)22-10-8-20(9-11-22)13-17(23)21-6-2-1-3-7-21/h4-5,12H,1-3,6-11,13H2. The third-order valence-corrected chi connectivity index (χ3v) is 7.79. The lowest BCUT2D eigenvalue weighted by Gasteiger charge is -2.35. The number of rotatable bonds is 4. The van der Waals surface area contributed by atoms with Crippen LogP contribution in [0.2, 0.25) is 5.02 Å². The highest BCUT2D eigenvalue weighted by atomic mass is 79.9. The lowest BCUT2D eigenvalue weighted by atomic mass is 10.1. The number of likely N-dealkylation sites (tertiary alicyclic amines) is 1. The molecule has 0 bridgehead atoms. The van der Waals surface area contributed by atoms with Gasteiger partial charge in [0.2, 0.25) is 15.9 Å². The van der Waals surface area contributed by atoms with Crippen LogP contribution in [0.4, 0.5) is 0 Å². The normalized spacial score (nSPS) is 20.3. The average Bonchev–Trinajstić information content (AvgIpc) is 2.62. The van der Waals surface area contributed by atoms with E-state index in [1.165, 1.54) is 16.8 Å². The second kappa shape index (κ2) is 8.56. The molecule has 2 aliphatic heterocycles. The molecule has 1 aromatic carbocycles. The summed E-state index contributed by atoms with van der Waals surface area (Å²) in [6, 6.07) is 4.78. The van der Waals surface area contributed by atoms with Crippen molar-refractivity contribution in [3.05, 3.63) is 27.7 Å². The molecule has 0 unspecified atom stereocenters. The maximum Gasteiger partial charge on any atom is 0.244 e. The van der Waals surface area contributed by atoms with E-state index in [0.29, 0.717) is 32.7 Å². The fourth-order valence-corrected chi connectivity index (χ4v) is 5.82. The van der Waals surface area contributed by atoms with Gasteiger partial charge in [-0.05, 0) is 37.5 Å². The summed E-state index contributed by atoms with van der Waals surface area (Å²) in [7, 11) is -3.62. The van der Waals surface area contributed by atoms with Gasteiger partial charge in [0.1, 0.15) is 4.90 Å². The Bertz CT molecular complexity index is 761. The molecule has 0 aliphatic carbocycles. The molecule has 144 valence electrons. The zero-order chi connectivity index (χ0) is 18.7. The lowest BCUT2D eigenvalue weighted by Crippen LogP contribution is -2.51. The van der Waals surface area contributed by atoms with Crippen LogP contribution < -0.4 is 0 Å². The monoisotopic (exact) mass is 463 g/mol. The van der Waals surface area contributed by atoms with Crippen LogP contribution in [0.5, 0.6) is 0 Å². The molecule has 0 saturated carbocycles.